The molecule has 0 aromatic carbocycles. The monoisotopic (exact) mass is 196 g/mol. The summed E-state index contributed by atoms with van der Waals surface area (Å²) in [6.45, 7) is 6.32. The van der Waals surface area contributed by atoms with Crippen LogP contribution in [0.3, 0.4) is 0 Å². The Morgan fingerprint density at radius 3 is 2.57 bits per heavy atom. The molecule has 3 aliphatic rings. The molecule has 3 fully saturated rings. The first kappa shape index (κ1) is 10.2. The molecule has 0 radical (unpaired) electrons. The molecule has 0 amide bonds. The molecule has 1 N–H and O–H groups in total. The van der Waals surface area contributed by atoms with Crippen LogP contribution in [0, 0.1) is 29.1 Å². The highest BCUT2D eigenvalue weighted by molar-refractivity contribution is 5.80. The topological polar surface area (TPSA) is 37.3 Å². The third-order valence-electron chi connectivity index (χ3n) is 5.12. The van der Waals surface area contributed by atoms with E-state index in [-0.39, 0.29) is 29.6 Å². The maximum Gasteiger partial charge on any atom is 0.133 e. The molecule has 3 aliphatic carbocycles. The zero-order valence-electron chi connectivity index (χ0n) is 9.29. The lowest BCUT2D eigenvalue weighted by atomic mass is 9.57. The highest BCUT2D eigenvalue weighted by Gasteiger charge is 2.67. The highest BCUT2D eigenvalue weighted by atomic mass is 16.3. The molecule has 5 unspecified atom stereocenters. The van der Waals surface area contributed by atoms with Crippen LogP contribution in [0.5, 0.6) is 0 Å². The summed E-state index contributed by atoms with van der Waals surface area (Å²) in [5.41, 5.74) is 0.287. The van der Waals surface area contributed by atoms with Crippen molar-refractivity contribution in [2.24, 2.45) is 29.1 Å². The van der Waals surface area contributed by atoms with Crippen LogP contribution in [0.15, 0.2) is 0 Å². The van der Waals surface area contributed by atoms with Gasteiger partial charge in [-0.1, -0.05) is 13.8 Å². The number of hydrogen-bond donors (Lipinski definition) is 1. The van der Waals surface area contributed by atoms with Gasteiger partial charge in [-0.2, -0.15) is 0 Å². The molecule has 14 heavy (non-hydrogen) atoms. The lowest BCUT2D eigenvalue weighted by molar-refractivity contribution is -0.123. The van der Waals surface area contributed by atoms with E-state index < -0.39 is 0 Å². The molecule has 0 aromatic rings. The van der Waals surface area contributed by atoms with Crippen molar-refractivity contribution in [2.45, 2.75) is 33.6 Å². The lowest BCUT2D eigenvalue weighted by Crippen LogP contribution is -2.41. The summed E-state index contributed by atoms with van der Waals surface area (Å²) < 4.78 is 0. The van der Waals surface area contributed by atoms with Gasteiger partial charge in [0.25, 0.3) is 0 Å². The number of carbonyl (C=O) groups is 1. The number of hydrogen-bond acceptors (Lipinski definition) is 2. The second-order valence-electron chi connectivity index (χ2n) is 5.17. The molecule has 3 rings (SSSR count). The molecular formula is C12H20O2. The minimum Gasteiger partial charge on any atom is -0.396 e. The summed E-state index contributed by atoms with van der Waals surface area (Å²) >= 11 is 0. The first-order chi connectivity index (χ1) is 6.58. The predicted molar refractivity (Wildman–Crippen MR) is 54.7 cm³/mol. The summed E-state index contributed by atoms with van der Waals surface area (Å²) in [4.78, 5) is 11.5. The van der Waals surface area contributed by atoms with Crippen LogP contribution >= 0.6 is 0 Å². The van der Waals surface area contributed by atoms with Crippen molar-refractivity contribution in [3.8, 4) is 0 Å². The Labute approximate surface area is 85.7 Å². The minimum atomic E-state index is 0.148. The van der Waals surface area contributed by atoms with Crippen molar-refractivity contribution >= 4 is 5.78 Å². The minimum absolute atomic E-state index is 0.148. The van der Waals surface area contributed by atoms with Gasteiger partial charge >= 0.3 is 0 Å². The standard InChI is InChI=1S/C12H20O2/c1-4-12-5-9(7(12)2)11(8(3)14)10(12)6-13/h7,9-11,13H,4-6H2,1-3H3. The number of aliphatic hydroxyl groups is 1. The van der Waals surface area contributed by atoms with Crippen LogP contribution in [0.25, 0.3) is 0 Å². The van der Waals surface area contributed by atoms with Crippen molar-refractivity contribution in [1.82, 2.24) is 0 Å². The molecule has 0 heterocycles. The second kappa shape index (κ2) is 3.06. The molecule has 80 valence electrons. The van der Waals surface area contributed by atoms with Crippen molar-refractivity contribution in [3.05, 3.63) is 0 Å². The van der Waals surface area contributed by atoms with Crippen LogP contribution in [0.1, 0.15) is 33.6 Å². The van der Waals surface area contributed by atoms with Crippen LogP contribution in [0.4, 0.5) is 0 Å². The van der Waals surface area contributed by atoms with Gasteiger partial charge in [-0.3, -0.25) is 4.79 Å². The highest BCUT2D eigenvalue weighted by Crippen LogP contribution is 2.70. The Bertz CT molecular complexity index is 261. The van der Waals surface area contributed by atoms with Gasteiger partial charge in [0.2, 0.25) is 0 Å². The number of aliphatic hydroxyl groups excluding tert-OH is 1. The van der Waals surface area contributed by atoms with Crippen molar-refractivity contribution < 1.29 is 9.90 Å². The van der Waals surface area contributed by atoms with Gasteiger partial charge in [-0.05, 0) is 42.9 Å². The zero-order valence-corrected chi connectivity index (χ0v) is 9.29. The van der Waals surface area contributed by atoms with Gasteiger partial charge in [-0.15, -0.1) is 0 Å². The first-order valence-corrected chi connectivity index (χ1v) is 5.69. The quantitative estimate of drug-likeness (QED) is 0.748. The SMILES string of the molecule is CCC12CC(C(C(C)=O)C1CO)C2C. The summed E-state index contributed by atoms with van der Waals surface area (Å²) in [5.74, 6) is 1.87. The molecule has 0 spiro atoms. The van der Waals surface area contributed by atoms with Crippen LogP contribution < -0.4 is 0 Å². The average Bonchev–Trinajstić information content (AvgIpc) is 2.63. The fourth-order valence-corrected chi connectivity index (χ4v) is 4.26. The first-order valence-electron chi connectivity index (χ1n) is 5.69. The van der Waals surface area contributed by atoms with Gasteiger partial charge in [0.05, 0.1) is 0 Å². The van der Waals surface area contributed by atoms with E-state index in [0.717, 1.165) is 6.42 Å². The summed E-state index contributed by atoms with van der Waals surface area (Å²) in [5, 5.41) is 9.44. The molecule has 5 atom stereocenters. The molecule has 0 aromatic heterocycles. The van der Waals surface area contributed by atoms with E-state index in [9.17, 15) is 9.90 Å². The number of rotatable bonds is 3. The number of carbonyl (C=O) groups excluding carboxylic acids is 1. The predicted octanol–water partition coefficient (Wildman–Crippen LogP) is 1.87. The third kappa shape index (κ3) is 0.928. The van der Waals surface area contributed by atoms with Gasteiger partial charge in [-0.25, -0.2) is 0 Å². The Hall–Kier alpha value is -0.370. The molecule has 0 saturated heterocycles. The summed E-state index contributed by atoms with van der Waals surface area (Å²) in [7, 11) is 0. The largest absolute Gasteiger partial charge is 0.396 e. The molecule has 0 aliphatic heterocycles. The van der Waals surface area contributed by atoms with E-state index >= 15 is 0 Å². The Balaban J connectivity index is 2.29. The molecule has 2 bridgehead atoms. The van der Waals surface area contributed by atoms with E-state index in [0.29, 0.717) is 11.8 Å². The summed E-state index contributed by atoms with van der Waals surface area (Å²) in [6.07, 6.45) is 2.28. The van der Waals surface area contributed by atoms with Crippen molar-refractivity contribution in [2.75, 3.05) is 6.61 Å². The van der Waals surface area contributed by atoms with Crippen molar-refractivity contribution in [1.29, 1.82) is 0 Å². The molecular weight excluding hydrogens is 176 g/mol. The fraction of sp³-hybridized carbons (Fsp3) is 0.917. The van der Waals surface area contributed by atoms with Gasteiger partial charge in [0.15, 0.2) is 0 Å². The van der Waals surface area contributed by atoms with Crippen LogP contribution in [0.2, 0.25) is 0 Å². The maximum atomic E-state index is 11.5. The van der Waals surface area contributed by atoms with Crippen LogP contribution in [-0.4, -0.2) is 17.5 Å². The van der Waals surface area contributed by atoms with Gasteiger partial charge in [0.1, 0.15) is 5.78 Å². The van der Waals surface area contributed by atoms with Gasteiger partial charge in [0, 0.05) is 12.5 Å². The Kier molecular flexibility index (Phi) is 2.22. The van der Waals surface area contributed by atoms with E-state index in [1.54, 1.807) is 6.92 Å². The van der Waals surface area contributed by atoms with E-state index in [1.807, 2.05) is 0 Å². The molecule has 3 saturated carbocycles. The zero-order chi connectivity index (χ0) is 10.5. The van der Waals surface area contributed by atoms with Crippen molar-refractivity contribution in [3.63, 3.8) is 0 Å². The Morgan fingerprint density at radius 2 is 2.21 bits per heavy atom. The third-order valence-corrected chi connectivity index (χ3v) is 5.12. The Morgan fingerprint density at radius 1 is 1.57 bits per heavy atom. The summed E-state index contributed by atoms with van der Waals surface area (Å²) in [6, 6.07) is 0. The maximum absolute atomic E-state index is 11.5. The van der Waals surface area contributed by atoms with Crippen LogP contribution in [-0.2, 0) is 4.79 Å². The average molecular weight is 196 g/mol. The number of Topliss-reactive ketones (excluding diaryl/α,β-unsaturated/α-hetero) is 1. The normalized spacial score (nSPS) is 50.3. The molecule has 2 heteroatoms. The smallest absolute Gasteiger partial charge is 0.133 e. The second-order valence-corrected chi connectivity index (χ2v) is 5.17. The number of ketones is 1. The lowest BCUT2D eigenvalue weighted by Gasteiger charge is -2.47. The molecule has 2 nitrogen and oxygen atoms in total. The van der Waals surface area contributed by atoms with E-state index in [4.69, 9.17) is 0 Å². The number of fused-ring (bicyclic) bond motifs is 1. The van der Waals surface area contributed by atoms with E-state index in [2.05, 4.69) is 13.8 Å². The van der Waals surface area contributed by atoms with E-state index in [1.165, 1.54) is 6.42 Å². The fourth-order valence-electron chi connectivity index (χ4n) is 4.26. The van der Waals surface area contributed by atoms with Gasteiger partial charge < -0.3 is 5.11 Å².